The summed E-state index contributed by atoms with van der Waals surface area (Å²) in [6.45, 7) is 0. The minimum Gasteiger partial charge on any atom is -0.311 e. The van der Waals surface area contributed by atoms with Gasteiger partial charge in [0.2, 0.25) is 5.91 Å². The molecule has 0 aliphatic carbocycles. The lowest BCUT2D eigenvalue weighted by Crippen LogP contribution is -2.30. The van der Waals surface area contributed by atoms with Crippen molar-refractivity contribution in [2.24, 2.45) is 14.1 Å². The van der Waals surface area contributed by atoms with E-state index >= 15 is 0 Å². The van der Waals surface area contributed by atoms with Crippen LogP contribution in [0.25, 0.3) is 10.9 Å². The molecule has 1 N–H and O–H groups in total. The van der Waals surface area contributed by atoms with Crippen LogP contribution < -0.4 is 10.9 Å². The summed E-state index contributed by atoms with van der Waals surface area (Å²) in [6.07, 6.45) is 1.99. The van der Waals surface area contributed by atoms with Crippen LogP contribution in [0, 0.1) is 0 Å². The van der Waals surface area contributed by atoms with Crippen molar-refractivity contribution in [3.05, 3.63) is 58.0 Å². The molecule has 1 amide bonds. The number of hydrogen-bond donors (Lipinski definition) is 1. The van der Waals surface area contributed by atoms with Crippen LogP contribution in [-0.2, 0) is 18.9 Å². The molecule has 3 heterocycles. The van der Waals surface area contributed by atoms with Crippen molar-refractivity contribution >= 4 is 22.6 Å². The van der Waals surface area contributed by atoms with Crippen LogP contribution in [-0.4, -0.2) is 20.3 Å². The topological polar surface area (TPSA) is 68.9 Å². The third kappa shape index (κ3) is 1.98. The van der Waals surface area contributed by atoms with Gasteiger partial charge in [-0.3, -0.25) is 14.3 Å². The number of anilines is 1. The maximum absolute atomic E-state index is 12.8. The molecule has 4 rings (SSSR count). The van der Waals surface area contributed by atoms with Crippen molar-refractivity contribution in [3.8, 4) is 0 Å². The zero-order chi connectivity index (χ0) is 16.1. The molecule has 0 radical (unpaired) electrons. The molecule has 1 aromatic carbocycles. The molecule has 2 aromatic heterocycles. The van der Waals surface area contributed by atoms with Gasteiger partial charge in [-0.25, -0.2) is 0 Å². The van der Waals surface area contributed by atoms with Crippen molar-refractivity contribution < 1.29 is 4.79 Å². The molecule has 116 valence electrons. The van der Waals surface area contributed by atoms with Gasteiger partial charge in [0.05, 0.1) is 11.7 Å². The number of rotatable bonds is 1. The highest BCUT2D eigenvalue weighted by atomic mass is 16.2. The number of pyridine rings is 1. The first-order chi connectivity index (χ1) is 11.1. The Hall–Kier alpha value is -2.89. The molecule has 23 heavy (non-hydrogen) atoms. The van der Waals surface area contributed by atoms with Gasteiger partial charge in [0.25, 0.3) is 5.56 Å². The number of aromatic nitrogens is 3. The van der Waals surface area contributed by atoms with Crippen molar-refractivity contribution in [1.29, 1.82) is 0 Å². The van der Waals surface area contributed by atoms with Gasteiger partial charge in [-0.2, -0.15) is 5.10 Å². The Balaban J connectivity index is 1.98. The highest BCUT2D eigenvalue weighted by Gasteiger charge is 2.31. The monoisotopic (exact) mass is 308 g/mol. The number of benzene rings is 1. The number of carbonyl (C=O) groups excluding carboxylic acids is 1. The molecule has 1 aliphatic rings. The normalized spacial score (nSPS) is 17.1. The van der Waals surface area contributed by atoms with Crippen LogP contribution in [0.3, 0.4) is 0 Å². The minimum absolute atomic E-state index is 0.0711. The predicted octanol–water partition coefficient (Wildman–Crippen LogP) is 1.75. The Labute approximate surface area is 132 Å². The number of aryl methyl sites for hydroxylation is 2. The number of fused-ring (bicyclic) bond motifs is 2. The summed E-state index contributed by atoms with van der Waals surface area (Å²) < 4.78 is 3.28. The van der Waals surface area contributed by atoms with Gasteiger partial charge < -0.3 is 9.88 Å². The van der Waals surface area contributed by atoms with Gasteiger partial charge in [-0.15, -0.1) is 0 Å². The van der Waals surface area contributed by atoms with Crippen LogP contribution in [0.5, 0.6) is 0 Å². The van der Waals surface area contributed by atoms with Crippen molar-refractivity contribution in [2.45, 2.75) is 12.3 Å². The first-order valence-corrected chi connectivity index (χ1v) is 7.46. The van der Waals surface area contributed by atoms with E-state index < -0.39 is 0 Å². The molecular formula is C17H16N4O2. The second-order valence-electron chi connectivity index (χ2n) is 5.90. The molecule has 1 atom stereocenters. The number of nitrogens with zero attached hydrogens (tertiary/aromatic N) is 3. The molecule has 0 unspecified atom stereocenters. The smallest absolute Gasteiger partial charge is 0.254 e. The van der Waals surface area contributed by atoms with Crippen molar-refractivity contribution in [2.75, 3.05) is 5.32 Å². The fourth-order valence-electron chi connectivity index (χ4n) is 3.32. The summed E-state index contributed by atoms with van der Waals surface area (Å²) in [4.78, 5) is 24.9. The Kier molecular flexibility index (Phi) is 2.87. The molecule has 0 saturated heterocycles. The van der Waals surface area contributed by atoms with E-state index in [1.54, 1.807) is 29.5 Å². The Morgan fingerprint density at radius 2 is 1.96 bits per heavy atom. The lowest BCUT2D eigenvalue weighted by atomic mass is 9.87. The highest BCUT2D eigenvalue weighted by molar-refractivity contribution is 5.94. The van der Waals surface area contributed by atoms with Gasteiger partial charge in [0.15, 0.2) is 0 Å². The molecule has 0 fully saturated rings. The van der Waals surface area contributed by atoms with Crippen LogP contribution in [0.2, 0.25) is 0 Å². The van der Waals surface area contributed by atoms with Crippen molar-refractivity contribution in [1.82, 2.24) is 14.3 Å². The summed E-state index contributed by atoms with van der Waals surface area (Å²) in [7, 11) is 3.54. The van der Waals surface area contributed by atoms with Gasteiger partial charge in [0, 0.05) is 37.6 Å². The molecule has 0 saturated carbocycles. The van der Waals surface area contributed by atoms with Gasteiger partial charge >= 0.3 is 0 Å². The lowest BCUT2D eigenvalue weighted by molar-refractivity contribution is -0.116. The van der Waals surface area contributed by atoms with Gasteiger partial charge in [-0.1, -0.05) is 18.2 Å². The Bertz CT molecular complexity index is 999. The molecule has 3 aromatic rings. The zero-order valence-corrected chi connectivity index (χ0v) is 12.9. The molecular weight excluding hydrogens is 292 g/mol. The summed E-state index contributed by atoms with van der Waals surface area (Å²) in [5.41, 5.74) is 2.33. The van der Waals surface area contributed by atoms with E-state index in [-0.39, 0.29) is 23.8 Å². The first-order valence-electron chi connectivity index (χ1n) is 7.46. The summed E-state index contributed by atoms with van der Waals surface area (Å²) >= 11 is 0. The van der Waals surface area contributed by atoms with E-state index in [1.165, 1.54) is 0 Å². The zero-order valence-electron chi connectivity index (χ0n) is 12.9. The van der Waals surface area contributed by atoms with Crippen LogP contribution in [0.15, 0.2) is 41.3 Å². The molecule has 6 nitrogen and oxygen atoms in total. The molecule has 1 aliphatic heterocycles. The Morgan fingerprint density at radius 3 is 2.78 bits per heavy atom. The van der Waals surface area contributed by atoms with E-state index in [0.29, 0.717) is 11.4 Å². The van der Waals surface area contributed by atoms with E-state index in [4.69, 9.17) is 0 Å². The highest BCUT2D eigenvalue weighted by Crippen LogP contribution is 2.36. The second kappa shape index (κ2) is 4.81. The maximum Gasteiger partial charge on any atom is 0.254 e. The average Bonchev–Trinajstić information content (AvgIpc) is 2.91. The van der Waals surface area contributed by atoms with Gasteiger partial charge in [0.1, 0.15) is 5.82 Å². The summed E-state index contributed by atoms with van der Waals surface area (Å²) in [5.74, 6) is 0.304. The maximum atomic E-state index is 12.8. The summed E-state index contributed by atoms with van der Waals surface area (Å²) in [6, 6.07) is 9.65. The van der Waals surface area contributed by atoms with Crippen LogP contribution >= 0.6 is 0 Å². The number of carbonyl (C=O) groups is 1. The summed E-state index contributed by atoms with van der Waals surface area (Å²) in [5, 5.41) is 8.03. The predicted molar refractivity (Wildman–Crippen MR) is 87.5 cm³/mol. The molecule has 6 heteroatoms. The largest absolute Gasteiger partial charge is 0.311 e. The van der Waals surface area contributed by atoms with Gasteiger partial charge in [-0.05, 0) is 17.5 Å². The Morgan fingerprint density at radius 1 is 1.17 bits per heavy atom. The number of para-hydroxylation sites is 1. The van der Waals surface area contributed by atoms with E-state index in [0.717, 1.165) is 16.5 Å². The average molecular weight is 308 g/mol. The minimum atomic E-state index is -0.268. The van der Waals surface area contributed by atoms with Crippen LogP contribution in [0.1, 0.15) is 23.5 Å². The van der Waals surface area contributed by atoms with E-state index in [2.05, 4.69) is 10.4 Å². The third-order valence-corrected chi connectivity index (χ3v) is 4.53. The third-order valence-electron chi connectivity index (χ3n) is 4.53. The second-order valence-corrected chi connectivity index (χ2v) is 5.90. The fraction of sp³-hybridized carbons (Fsp3) is 0.235. The molecule has 0 spiro atoms. The standard InChI is InChI=1S/C17H16N4O2/c1-20-14-6-4-3-5-10(14)7-12(17(20)23)11-8-15(22)19-16-13(11)9-18-21(16)2/h3-7,9,11H,8H2,1-2H3,(H,19,22)/t11-/m0/s1. The SMILES string of the molecule is Cn1ncc2c1NC(=O)C[C@H]2c1cc2ccccc2n(C)c1=O. The fourth-order valence-corrected chi connectivity index (χ4v) is 3.32. The number of hydrogen-bond acceptors (Lipinski definition) is 3. The van der Waals surface area contributed by atoms with Crippen molar-refractivity contribution in [3.63, 3.8) is 0 Å². The number of nitrogens with one attached hydrogen (secondary N) is 1. The molecule has 0 bridgehead atoms. The van der Waals surface area contributed by atoms with E-state index in [9.17, 15) is 9.59 Å². The lowest BCUT2D eigenvalue weighted by Gasteiger charge is -2.23. The quantitative estimate of drug-likeness (QED) is 0.744. The first kappa shape index (κ1) is 13.8. The number of amides is 1. The van der Waals surface area contributed by atoms with Crippen LogP contribution in [0.4, 0.5) is 5.82 Å². The van der Waals surface area contributed by atoms with E-state index in [1.807, 2.05) is 30.3 Å².